The fourth-order valence-corrected chi connectivity index (χ4v) is 7.39. The SMILES string of the molecule is CCOc1cc2c3cc(ccc3n1)C=CC[C@@H]1CCC[C@H]1OC(=O)N[C@@H](C1CCCC1)C(=O)N1C(OC)[C@@H](C[C@H]1C(=O)O)O2. The number of nitrogens with one attached hydrogen (secondary N) is 1. The van der Waals surface area contributed by atoms with Crippen molar-refractivity contribution >= 4 is 34.9 Å². The minimum absolute atomic E-state index is 0.00144. The van der Waals surface area contributed by atoms with Gasteiger partial charge in [-0.2, -0.15) is 0 Å². The molecule has 4 aliphatic rings. The van der Waals surface area contributed by atoms with Crippen molar-refractivity contribution in [2.75, 3.05) is 13.7 Å². The van der Waals surface area contributed by atoms with Crippen molar-refractivity contribution in [2.24, 2.45) is 11.8 Å². The molecule has 4 bridgehead atoms. The average Bonchev–Trinajstić information content (AvgIpc) is 3.76. The molecule has 6 rings (SSSR count). The Balaban J connectivity index is 1.44. The van der Waals surface area contributed by atoms with Crippen LogP contribution in [-0.4, -0.2) is 77.2 Å². The van der Waals surface area contributed by atoms with Crippen LogP contribution < -0.4 is 14.8 Å². The van der Waals surface area contributed by atoms with Gasteiger partial charge in [0.25, 0.3) is 0 Å². The first-order valence-corrected chi connectivity index (χ1v) is 15.8. The highest BCUT2D eigenvalue weighted by Gasteiger charge is 2.52. The van der Waals surface area contributed by atoms with Gasteiger partial charge in [-0.25, -0.2) is 14.6 Å². The van der Waals surface area contributed by atoms with E-state index < -0.39 is 42.4 Å². The molecule has 2 N–H and O–H groups in total. The fourth-order valence-electron chi connectivity index (χ4n) is 7.39. The third-order valence-electron chi connectivity index (χ3n) is 9.51. The first-order valence-electron chi connectivity index (χ1n) is 15.8. The maximum absolute atomic E-state index is 14.3. The van der Waals surface area contributed by atoms with Gasteiger partial charge in [0, 0.05) is 25.0 Å². The molecule has 236 valence electrons. The Kier molecular flexibility index (Phi) is 8.93. The predicted octanol–water partition coefficient (Wildman–Crippen LogP) is 4.91. The van der Waals surface area contributed by atoms with Crippen LogP contribution in [-0.2, 0) is 19.1 Å². The molecule has 1 unspecified atom stereocenters. The number of alkyl carbamates (subject to hydrolysis) is 1. The summed E-state index contributed by atoms with van der Waals surface area (Å²) in [7, 11) is 1.43. The van der Waals surface area contributed by atoms with Gasteiger partial charge in [-0.1, -0.05) is 31.1 Å². The number of rotatable bonds is 5. The Morgan fingerprint density at radius 3 is 2.61 bits per heavy atom. The molecule has 2 saturated carbocycles. The van der Waals surface area contributed by atoms with E-state index in [-0.39, 0.29) is 24.4 Å². The second-order valence-electron chi connectivity index (χ2n) is 12.2. The number of allylic oxidation sites excluding steroid dienone is 1. The minimum Gasteiger partial charge on any atom is -0.485 e. The molecule has 6 atom stereocenters. The summed E-state index contributed by atoms with van der Waals surface area (Å²) in [4.78, 5) is 46.1. The lowest BCUT2D eigenvalue weighted by Gasteiger charge is -2.34. The summed E-state index contributed by atoms with van der Waals surface area (Å²) in [6.45, 7) is 2.28. The van der Waals surface area contributed by atoms with E-state index in [9.17, 15) is 19.5 Å². The molecule has 2 amide bonds. The van der Waals surface area contributed by atoms with Crippen molar-refractivity contribution in [1.29, 1.82) is 0 Å². The van der Waals surface area contributed by atoms with Crippen LogP contribution in [0.1, 0.15) is 70.3 Å². The summed E-state index contributed by atoms with van der Waals surface area (Å²) in [5.41, 5.74) is 1.61. The highest BCUT2D eigenvalue weighted by molar-refractivity contribution is 5.91. The number of carbonyl (C=O) groups excluding carboxylic acids is 2. The number of ether oxygens (including phenoxy) is 4. The molecule has 2 aliphatic carbocycles. The van der Waals surface area contributed by atoms with E-state index in [1.54, 1.807) is 6.07 Å². The van der Waals surface area contributed by atoms with E-state index in [1.807, 2.05) is 31.2 Å². The second-order valence-corrected chi connectivity index (χ2v) is 12.2. The molecule has 0 radical (unpaired) electrons. The summed E-state index contributed by atoms with van der Waals surface area (Å²) >= 11 is 0. The normalized spacial score (nSPS) is 29.5. The number of fused-ring (bicyclic) bond motifs is 4. The van der Waals surface area contributed by atoms with Gasteiger partial charge in [0.2, 0.25) is 11.8 Å². The molecule has 2 aliphatic heterocycles. The Morgan fingerprint density at radius 1 is 1.07 bits per heavy atom. The Morgan fingerprint density at radius 2 is 1.86 bits per heavy atom. The van der Waals surface area contributed by atoms with Gasteiger partial charge in [-0.05, 0) is 75.0 Å². The predicted molar refractivity (Wildman–Crippen MR) is 161 cm³/mol. The molecular weight excluding hydrogens is 566 g/mol. The van der Waals surface area contributed by atoms with Gasteiger partial charge < -0.3 is 29.4 Å². The van der Waals surface area contributed by atoms with E-state index in [1.165, 1.54) is 12.0 Å². The zero-order valence-electron chi connectivity index (χ0n) is 25.3. The zero-order chi connectivity index (χ0) is 30.8. The summed E-state index contributed by atoms with van der Waals surface area (Å²) in [6.07, 6.45) is 8.22. The van der Waals surface area contributed by atoms with E-state index in [0.717, 1.165) is 62.3 Å². The van der Waals surface area contributed by atoms with Gasteiger partial charge in [0.1, 0.15) is 30.0 Å². The van der Waals surface area contributed by atoms with Gasteiger partial charge in [0.15, 0.2) is 6.23 Å². The zero-order valence-corrected chi connectivity index (χ0v) is 25.3. The minimum atomic E-state index is -1.21. The molecule has 1 aromatic carbocycles. The van der Waals surface area contributed by atoms with Crippen LogP contribution in [0.2, 0.25) is 0 Å². The summed E-state index contributed by atoms with van der Waals surface area (Å²) < 4.78 is 24.0. The summed E-state index contributed by atoms with van der Waals surface area (Å²) in [5.74, 6) is -0.785. The molecule has 11 nitrogen and oxygen atoms in total. The molecule has 1 aromatic heterocycles. The van der Waals surface area contributed by atoms with Crippen molar-refractivity contribution < 1.29 is 38.4 Å². The van der Waals surface area contributed by atoms with Crippen molar-refractivity contribution in [3.05, 3.63) is 35.9 Å². The van der Waals surface area contributed by atoms with Gasteiger partial charge >= 0.3 is 12.1 Å². The van der Waals surface area contributed by atoms with Crippen LogP contribution in [0.4, 0.5) is 4.79 Å². The lowest BCUT2D eigenvalue weighted by atomic mass is 9.96. The molecule has 11 heteroatoms. The Bertz CT molecular complexity index is 1420. The highest BCUT2D eigenvalue weighted by atomic mass is 16.6. The number of amides is 2. The quantitative estimate of drug-likeness (QED) is 0.486. The molecule has 3 fully saturated rings. The van der Waals surface area contributed by atoms with Gasteiger partial charge in [0.05, 0.1) is 12.1 Å². The van der Waals surface area contributed by atoms with E-state index in [0.29, 0.717) is 23.8 Å². The number of carboxylic acid groups (broad SMARTS) is 1. The monoisotopic (exact) mass is 607 g/mol. The lowest BCUT2D eigenvalue weighted by molar-refractivity contribution is -0.160. The van der Waals surface area contributed by atoms with Crippen LogP contribution in [0.15, 0.2) is 30.3 Å². The topological polar surface area (TPSA) is 137 Å². The van der Waals surface area contributed by atoms with E-state index in [2.05, 4.69) is 16.4 Å². The number of nitrogens with zero attached hydrogens (tertiary/aromatic N) is 2. The number of methoxy groups -OCH3 is 1. The number of benzene rings is 1. The molecule has 44 heavy (non-hydrogen) atoms. The van der Waals surface area contributed by atoms with Gasteiger partial charge in [-0.3, -0.25) is 9.69 Å². The highest BCUT2D eigenvalue weighted by Crippen LogP contribution is 2.38. The summed E-state index contributed by atoms with van der Waals surface area (Å²) in [5, 5.41) is 13.9. The van der Waals surface area contributed by atoms with E-state index in [4.69, 9.17) is 18.9 Å². The maximum Gasteiger partial charge on any atom is 0.408 e. The van der Waals surface area contributed by atoms with Crippen LogP contribution in [0.5, 0.6) is 11.6 Å². The molecule has 3 heterocycles. The van der Waals surface area contributed by atoms with Crippen LogP contribution in [0, 0.1) is 11.8 Å². The van der Waals surface area contributed by atoms with Gasteiger partial charge in [-0.15, -0.1) is 0 Å². The number of pyridine rings is 1. The molecule has 0 spiro atoms. The molecule has 2 aromatic rings. The fraction of sp³-hybridized carbons (Fsp3) is 0.576. The van der Waals surface area contributed by atoms with Crippen molar-refractivity contribution in [2.45, 2.75) is 95.2 Å². The van der Waals surface area contributed by atoms with E-state index >= 15 is 0 Å². The average molecular weight is 608 g/mol. The van der Waals surface area contributed by atoms with Crippen molar-refractivity contribution in [3.8, 4) is 11.6 Å². The smallest absolute Gasteiger partial charge is 0.408 e. The third kappa shape index (κ3) is 6.06. The lowest BCUT2D eigenvalue weighted by Crippen LogP contribution is -2.57. The van der Waals surface area contributed by atoms with Crippen LogP contribution >= 0.6 is 0 Å². The second kappa shape index (κ2) is 13.0. The third-order valence-corrected chi connectivity index (χ3v) is 9.51. The van der Waals surface area contributed by atoms with Crippen molar-refractivity contribution in [1.82, 2.24) is 15.2 Å². The van der Waals surface area contributed by atoms with Crippen LogP contribution in [0.25, 0.3) is 17.0 Å². The summed E-state index contributed by atoms with van der Waals surface area (Å²) in [6, 6.07) is 5.41. The number of aliphatic carboxylic acids is 1. The standard InChI is InChI=1S/C33H41N3O8/c1-3-42-28-18-26-22-16-19(14-15-23(22)34-28)8-6-11-20-12-7-13-25(20)44-33(40)35-29(21-9-4-5-10-21)30(37)36-24(32(38)39)17-27(43-26)31(36)41-2/h6,8,14-16,18,20-21,24-25,27,29,31H,3-5,7,9-13,17H2,1-2H3,(H,35,40)(H,38,39)/t20-,24+,25-,27-,29+,31?/m1/s1. The first kappa shape index (κ1) is 30.2. The number of carboxylic acids is 1. The molecular formula is C33H41N3O8. The Hall–Kier alpha value is -3.86. The first-order chi connectivity index (χ1) is 21.4. The number of carbonyl (C=O) groups is 3. The molecule has 1 saturated heterocycles. The maximum atomic E-state index is 14.3. The van der Waals surface area contributed by atoms with Crippen molar-refractivity contribution in [3.63, 3.8) is 0 Å². The Labute approximate surface area is 256 Å². The number of hydrogen-bond acceptors (Lipinski definition) is 8. The van der Waals surface area contributed by atoms with Crippen LogP contribution in [0.3, 0.4) is 0 Å². The number of aromatic nitrogens is 1. The largest absolute Gasteiger partial charge is 0.485 e. The number of hydrogen-bond donors (Lipinski definition) is 2.